The molecule has 23 heavy (non-hydrogen) atoms. The molecule has 0 bridgehead atoms. The van der Waals surface area contributed by atoms with Gasteiger partial charge in [0.2, 0.25) is 0 Å². The molecule has 0 heterocycles. The fraction of sp³-hybridized carbons (Fsp3) is 0.350. The Balaban J connectivity index is 2.15. The molecule has 0 aliphatic rings. The van der Waals surface area contributed by atoms with Crippen molar-refractivity contribution in [3.8, 4) is 5.75 Å². The number of nitrogens with one attached hydrogen (secondary N) is 1. The van der Waals surface area contributed by atoms with E-state index in [9.17, 15) is 0 Å². The zero-order valence-electron chi connectivity index (χ0n) is 14.4. The van der Waals surface area contributed by atoms with Crippen LogP contribution in [0.5, 0.6) is 5.75 Å². The standard InChI is InChI=1S/C20H25NOS/c1-5-16-8-10-19(15(4)12-16)22-13-17-9-7-14(3)11-18(17)21-20(23)6-2/h7-12H,5-6,13H2,1-4H3,(H,21,23). The summed E-state index contributed by atoms with van der Waals surface area (Å²) in [7, 11) is 0. The summed E-state index contributed by atoms with van der Waals surface area (Å²) in [6.45, 7) is 8.92. The number of hydrogen-bond donors (Lipinski definition) is 1. The molecule has 0 unspecified atom stereocenters. The fourth-order valence-corrected chi connectivity index (χ4v) is 2.53. The molecule has 0 spiro atoms. The Morgan fingerprint density at radius 1 is 1.09 bits per heavy atom. The number of thiocarbonyl (C=S) groups is 1. The average molecular weight is 327 g/mol. The van der Waals surface area contributed by atoms with Gasteiger partial charge >= 0.3 is 0 Å². The first-order chi connectivity index (χ1) is 11.0. The summed E-state index contributed by atoms with van der Waals surface area (Å²) in [4.78, 5) is 0.848. The van der Waals surface area contributed by atoms with Gasteiger partial charge < -0.3 is 10.1 Å². The molecule has 0 aliphatic carbocycles. The summed E-state index contributed by atoms with van der Waals surface area (Å²) in [5.41, 5.74) is 5.87. The smallest absolute Gasteiger partial charge is 0.122 e. The van der Waals surface area contributed by atoms with Crippen LogP contribution in [0.3, 0.4) is 0 Å². The molecule has 2 aromatic rings. The fourth-order valence-electron chi connectivity index (χ4n) is 2.42. The summed E-state index contributed by atoms with van der Waals surface area (Å²) in [6.07, 6.45) is 1.88. The highest BCUT2D eigenvalue weighted by Crippen LogP contribution is 2.24. The topological polar surface area (TPSA) is 21.3 Å². The Hall–Kier alpha value is -1.87. The van der Waals surface area contributed by atoms with Gasteiger partial charge in [-0.15, -0.1) is 0 Å². The zero-order valence-corrected chi connectivity index (χ0v) is 15.2. The van der Waals surface area contributed by atoms with Crippen molar-refractivity contribution in [1.29, 1.82) is 0 Å². The van der Waals surface area contributed by atoms with Gasteiger partial charge in [0.1, 0.15) is 12.4 Å². The number of hydrogen-bond acceptors (Lipinski definition) is 2. The Morgan fingerprint density at radius 3 is 2.52 bits per heavy atom. The van der Waals surface area contributed by atoms with E-state index in [1.165, 1.54) is 16.7 Å². The number of ether oxygens (including phenoxy) is 1. The summed E-state index contributed by atoms with van der Waals surface area (Å²) >= 11 is 5.31. The normalized spacial score (nSPS) is 10.4. The quantitative estimate of drug-likeness (QED) is 0.698. The Bertz CT molecular complexity index is 694. The number of aryl methyl sites for hydroxylation is 3. The third-order valence-electron chi connectivity index (χ3n) is 3.89. The lowest BCUT2D eigenvalue weighted by molar-refractivity contribution is 0.304. The van der Waals surface area contributed by atoms with Gasteiger partial charge in [0.15, 0.2) is 0 Å². The van der Waals surface area contributed by atoms with Gasteiger partial charge in [-0.1, -0.05) is 50.3 Å². The third-order valence-corrected chi connectivity index (χ3v) is 4.28. The second-order valence-electron chi connectivity index (χ2n) is 5.80. The molecule has 0 atom stereocenters. The zero-order chi connectivity index (χ0) is 16.8. The van der Waals surface area contributed by atoms with Crippen molar-refractivity contribution >= 4 is 22.9 Å². The van der Waals surface area contributed by atoms with Crippen molar-refractivity contribution in [1.82, 2.24) is 0 Å². The lowest BCUT2D eigenvalue weighted by Crippen LogP contribution is -2.10. The highest BCUT2D eigenvalue weighted by atomic mass is 32.1. The number of rotatable bonds is 6. The van der Waals surface area contributed by atoms with Gasteiger partial charge in [0.05, 0.1) is 4.99 Å². The van der Waals surface area contributed by atoms with Crippen molar-refractivity contribution < 1.29 is 4.74 Å². The molecule has 0 amide bonds. The van der Waals surface area contributed by atoms with Gasteiger partial charge in [-0.05, 0) is 55.5 Å². The molecular weight excluding hydrogens is 302 g/mol. The summed E-state index contributed by atoms with van der Waals surface area (Å²) < 4.78 is 6.03. The molecule has 1 N–H and O–H groups in total. The van der Waals surface area contributed by atoms with Gasteiger partial charge in [0.25, 0.3) is 0 Å². The number of benzene rings is 2. The molecule has 0 radical (unpaired) electrons. The van der Waals surface area contributed by atoms with E-state index in [1.54, 1.807) is 0 Å². The Morgan fingerprint density at radius 2 is 1.87 bits per heavy atom. The summed E-state index contributed by atoms with van der Waals surface area (Å²) in [5.74, 6) is 0.937. The van der Waals surface area contributed by atoms with Crippen molar-refractivity contribution in [2.75, 3.05) is 5.32 Å². The predicted molar refractivity (Wildman–Crippen MR) is 103 cm³/mol. The molecule has 0 fully saturated rings. The van der Waals surface area contributed by atoms with Crippen molar-refractivity contribution in [2.45, 2.75) is 47.1 Å². The minimum Gasteiger partial charge on any atom is -0.489 e. The molecule has 122 valence electrons. The van der Waals surface area contributed by atoms with Crippen LogP contribution in [0.4, 0.5) is 5.69 Å². The first kappa shape index (κ1) is 17.5. The van der Waals surface area contributed by atoms with E-state index >= 15 is 0 Å². The van der Waals surface area contributed by atoms with E-state index in [2.05, 4.69) is 69.4 Å². The largest absolute Gasteiger partial charge is 0.489 e. The second-order valence-corrected chi connectivity index (χ2v) is 6.30. The molecule has 0 aromatic heterocycles. The average Bonchev–Trinajstić information content (AvgIpc) is 2.54. The highest BCUT2D eigenvalue weighted by Gasteiger charge is 2.07. The van der Waals surface area contributed by atoms with Crippen LogP contribution in [0.15, 0.2) is 36.4 Å². The Kier molecular flexibility index (Phi) is 6.17. The van der Waals surface area contributed by atoms with Crippen molar-refractivity contribution in [3.63, 3.8) is 0 Å². The summed E-state index contributed by atoms with van der Waals surface area (Å²) in [6, 6.07) is 12.7. The van der Waals surface area contributed by atoms with E-state index in [0.29, 0.717) is 6.61 Å². The highest BCUT2D eigenvalue weighted by molar-refractivity contribution is 7.80. The Labute approximate surface area is 144 Å². The van der Waals surface area contributed by atoms with E-state index in [0.717, 1.165) is 34.8 Å². The molecular formula is C20H25NOS. The van der Waals surface area contributed by atoms with Crippen LogP contribution in [-0.4, -0.2) is 4.99 Å². The molecule has 0 saturated carbocycles. The third kappa shape index (κ3) is 4.80. The summed E-state index contributed by atoms with van der Waals surface area (Å²) in [5, 5.41) is 3.32. The van der Waals surface area contributed by atoms with Crippen molar-refractivity contribution in [3.05, 3.63) is 58.7 Å². The molecule has 2 aromatic carbocycles. The monoisotopic (exact) mass is 327 g/mol. The van der Waals surface area contributed by atoms with E-state index < -0.39 is 0 Å². The minimum absolute atomic E-state index is 0.529. The van der Waals surface area contributed by atoms with Crippen molar-refractivity contribution in [2.24, 2.45) is 0 Å². The second kappa shape index (κ2) is 8.11. The minimum atomic E-state index is 0.529. The predicted octanol–water partition coefficient (Wildman–Crippen LogP) is 5.59. The van der Waals surface area contributed by atoms with Crippen LogP contribution in [0.1, 0.15) is 42.5 Å². The molecule has 2 rings (SSSR count). The van der Waals surface area contributed by atoms with E-state index in [1.807, 2.05) is 0 Å². The van der Waals surface area contributed by atoms with Gasteiger partial charge in [-0.2, -0.15) is 0 Å². The van der Waals surface area contributed by atoms with Crippen LogP contribution in [0.25, 0.3) is 0 Å². The lowest BCUT2D eigenvalue weighted by Gasteiger charge is -2.15. The van der Waals surface area contributed by atoms with Crippen LogP contribution in [0.2, 0.25) is 0 Å². The maximum absolute atomic E-state index is 6.03. The van der Waals surface area contributed by atoms with Gasteiger partial charge in [0, 0.05) is 11.3 Å². The number of anilines is 1. The van der Waals surface area contributed by atoms with Crippen LogP contribution < -0.4 is 10.1 Å². The maximum Gasteiger partial charge on any atom is 0.122 e. The molecule has 2 nitrogen and oxygen atoms in total. The van der Waals surface area contributed by atoms with Gasteiger partial charge in [-0.3, -0.25) is 0 Å². The SMILES string of the molecule is CCC(=S)Nc1cc(C)ccc1COc1ccc(CC)cc1C. The van der Waals surface area contributed by atoms with Crippen LogP contribution >= 0.6 is 12.2 Å². The van der Waals surface area contributed by atoms with Crippen LogP contribution in [-0.2, 0) is 13.0 Å². The van der Waals surface area contributed by atoms with Crippen LogP contribution in [0, 0.1) is 13.8 Å². The first-order valence-electron chi connectivity index (χ1n) is 8.15. The molecule has 0 aliphatic heterocycles. The first-order valence-corrected chi connectivity index (χ1v) is 8.56. The molecule has 0 saturated heterocycles. The van der Waals surface area contributed by atoms with E-state index in [4.69, 9.17) is 17.0 Å². The maximum atomic E-state index is 6.03. The molecule has 3 heteroatoms. The van der Waals surface area contributed by atoms with Gasteiger partial charge in [-0.25, -0.2) is 0 Å². The van der Waals surface area contributed by atoms with E-state index in [-0.39, 0.29) is 0 Å². The lowest BCUT2D eigenvalue weighted by atomic mass is 10.1.